The van der Waals surface area contributed by atoms with Crippen molar-refractivity contribution in [2.75, 3.05) is 13.1 Å². The molecule has 1 aromatic rings. The van der Waals surface area contributed by atoms with Gasteiger partial charge in [0.1, 0.15) is 0 Å². The Morgan fingerprint density at radius 1 is 1.44 bits per heavy atom. The van der Waals surface area contributed by atoms with E-state index in [9.17, 15) is 0 Å². The van der Waals surface area contributed by atoms with Crippen molar-refractivity contribution in [3.05, 3.63) is 29.1 Å². The van der Waals surface area contributed by atoms with Gasteiger partial charge in [-0.25, -0.2) is 0 Å². The Bertz CT molecular complexity index is 410. The first-order chi connectivity index (χ1) is 7.73. The minimum atomic E-state index is -0.0572. The smallest absolute Gasteiger partial charge is 0.0985 e. The summed E-state index contributed by atoms with van der Waals surface area (Å²) in [6.07, 6.45) is 4.18. The van der Waals surface area contributed by atoms with Gasteiger partial charge in [0, 0.05) is 11.8 Å². The fraction of sp³-hybridized carbons (Fsp3) is 0.615. The SMILES string of the molecule is Cc1ccnc2c1C1(CCNCC1)O[C@H]2C. The van der Waals surface area contributed by atoms with Gasteiger partial charge in [-0.05, 0) is 51.4 Å². The topological polar surface area (TPSA) is 34.2 Å². The summed E-state index contributed by atoms with van der Waals surface area (Å²) in [6.45, 7) is 6.37. The molecule has 0 saturated carbocycles. The molecule has 1 aromatic heterocycles. The zero-order valence-corrected chi connectivity index (χ0v) is 9.92. The maximum absolute atomic E-state index is 6.24. The van der Waals surface area contributed by atoms with Crippen LogP contribution in [0.3, 0.4) is 0 Å². The fourth-order valence-corrected chi connectivity index (χ4v) is 3.13. The Kier molecular flexibility index (Phi) is 2.26. The van der Waals surface area contributed by atoms with E-state index in [2.05, 4.69) is 30.2 Å². The number of nitrogens with one attached hydrogen (secondary N) is 1. The van der Waals surface area contributed by atoms with Gasteiger partial charge in [0.05, 0.1) is 17.4 Å². The molecule has 1 atom stereocenters. The summed E-state index contributed by atoms with van der Waals surface area (Å²) < 4.78 is 6.24. The molecule has 2 aliphatic heterocycles. The highest BCUT2D eigenvalue weighted by atomic mass is 16.5. The maximum atomic E-state index is 6.24. The van der Waals surface area contributed by atoms with Crippen molar-refractivity contribution < 1.29 is 4.74 Å². The number of aryl methyl sites for hydroxylation is 1. The monoisotopic (exact) mass is 218 g/mol. The second kappa shape index (κ2) is 3.54. The van der Waals surface area contributed by atoms with Gasteiger partial charge in [0.2, 0.25) is 0 Å². The van der Waals surface area contributed by atoms with Crippen LogP contribution in [-0.2, 0) is 10.3 Å². The fourth-order valence-electron chi connectivity index (χ4n) is 3.13. The van der Waals surface area contributed by atoms with Crippen LogP contribution in [0.1, 0.15) is 42.7 Å². The Labute approximate surface area is 96.2 Å². The molecule has 0 aromatic carbocycles. The van der Waals surface area contributed by atoms with Crippen molar-refractivity contribution in [3.63, 3.8) is 0 Å². The predicted octanol–water partition coefficient (Wildman–Crippen LogP) is 2.06. The lowest BCUT2D eigenvalue weighted by Gasteiger charge is -2.35. The van der Waals surface area contributed by atoms with Crippen LogP contribution < -0.4 is 5.32 Å². The summed E-state index contributed by atoms with van der Waals surface area (Å²) in [4.78, 5) is 4.51. The second-order valence-electron chi connectivity index (χ2n) is 4.89. The number of aromatic nitrogens is 1. The molecule has 86 valence electrons. The van der Waals surface area contributed by atoms with Gasteiger partial charge in [-0.15, -0.1) is 0 Å². The number of rotatable bonds is 0. The molecule has 1 spiro atoms. The van der Waals surface area contributed by atoms with Crippen molar-refractivity contribution in [3.8, 4) is 0 Å². The van der Waals surface area contributed by atoms with Crippen LogP contribution in [0.4, 0.5) is 0 Å². The predicted molar refractivity (Wildman–Crippen MR) is 62.3 cm³/mol. The molecule has 1 fully saturated rings. The lowest BCUT2D eigenvalue weighted by Crippen LogP contribution is -2.40. The summed E-state index contributed by atoms with van der Waals surface area (Å²) in [5, 5.41) is 3.40. The van der Waals surface area contributed by atoms with Crippen LogP contribution in [0.15, 0.2) is 12.3 Å². The molecule has 0 bridgehead atoms. The van der Waals surface area contributed by atoms with Gasteiger partial charge >= 0.3 is 0 Å². The van der Waals surface area contributed by atoms with Crippen LogP contribution in [0, 0.1) is 6.92 Å². The third kappa shape index (κ3) is 1.31. The van der Waals surface area contributed by atoms with Gasteiger partial charge < -0.3 is 10.1 Å². The van der Waals surface area contributed by atoms with Crippen LogP contribution in [0.5, 0.6) is 0 Å². The summed E-state index contributed by atoms with van der Waals surface area (Å²) >= 11 is 0. The van der Waals surface area contributed by atoms with Crippen LogP contribution in [0.2, 0.25) is 0 Å². The van der Waals surface area contributed by atoms with Crippen molar-refractivity contribution in [2.45, 2.75) is 38.4 Å². The first-order valence-electron chi connectivity index (χ1n) is 6.07. The minimum Gasteiger partial charge on any atom is -0.361 e. The molecule has 1 saturated heterocycles. The van der Waals surface area contributed by atoms with Crippen LogP contribution >= 0.6 is 0 Å². The Balaban J connectivity index is 2.13. The van der Waals surface area contributed by atoms with E-state index in [1.807, 2.05) is 6.20 Å². The average Bonchev–Trinajstić information content (AvgIpc) is 2.55. The van der Waals surface area contributed by atoms with Crippen LogP contribution in [-0.4, -0.2) is 18.1 Å². The number of ether oxygens (including phenoxy) is 1. The Morgan fingerprint density at radius 3 is 2.94 bits per heavy atom. The third-order valence-corrected chi connectivity index (χ3v) is 3.84. The molecule has 2 aliphatic rings. The maximum Gasteiger partial charge on any atom is 0.0985 e. The van der Waals surface area contributed by atoms with E-state index >= 15 is 0 Å². The number of nitrogens with zero attached hydrogens (tertiary/aromatic N) is 1. The molecule has 0 aliphatic carbocycles. The van der Waals surface area contributed by atoms with E-state index in [0.717, 1.165) is 31.6 Å². The van der Waals surface area contributed by atoms with Crippen molar-refractivity contribution in [2.24, 2.45) is 0 Å². The largest absolute Gasteiger partial charge is 0.361 e. The highest BCUT2D eigenvalue weighted by Gasteiger charge is 2.45. The first-order valence-corrected chi connectivity index (χ1v) is 6.07. The summed E-state index contributed by atoms with van der Waals surface area (Å²) in [5.41, 5.74) is 3.79. The molecule has 3 rings (SSSR count). The molecule has 0 amide bonds. The molecular weight excluding hydrogens is 200 g/mol. The Morgan fingerprint density at radius 2 is 2.19 bits per heavy atom. The minimum absolute atomic E-state index is 0.0572. The van der Waals surface area contributed by atoms with E-state index < -0.39 is 0 Å². The molecule has 3 heteroatoms. The quantitative estimate of drug-likeness (QED) is 0.723. The summed E-state index contributed by atoms with van der Waals surface area (Å²) in [6, 6.07) is 2.10. The van der Waals surface area contributed by atoms with Crippen molar-refractivity contribution in [1.29, 1.82) is 0 Å². The molecule has 0 unspecified atom stereocenters. The van der Waals surface area contributed by atoms with Gasteiger partial charge in [-0.3, -0.25) is 4.98 Å². The lowest BCUT2D eigenvalue weighted by atomic mass is 9.83. The van der Waals surface area contributed by atoms with Crippen LogP contribution in [0.25, 0.3) is 0 Å². The zero-order valence-electron chi connectivity index (χ0n) is 9.92. The highest BCUT2D eigenvalue weighted by Crippen LogP contribution is 2.48. The lowest BCUT2D eigenvalue weighted by molar-refractivity contribution is -0.0882. The van der Waals surface area contributed by atoms with Crippen molar-refractivity contribution in [1.82, 2.24) is 10.3 Å². The number of pyridine rings is 1. The van der Waals surface area contributed by atoms with E-state index in [1.165, 1.54) is 11.1 Å². The van der Waals surface area contributed by atoms with E-state index in [0.29, 0.717) is 0 Å². The molecule has 0 radical (unpaired) electrons. The van der Waals surface area contributed by atoms with Crippen molar-refractivity contribution >= 4 is 0 Å². The number of piperidine rings is 1. The summed E-state index contributed by atoms with van der Waals surface area (Å²) in [5.74, 6) is 0. The number of hydrogen-bond donors (Lipinski definition) is 1. The Hall–Kier alpha value is -0.930. The van der Waals surface area contributed by atoms with Gasteiger partial charge in [0.25, 0.3) is 0 Å². The zero-order chi connectivity index (χ0) is 11.2. The molecular formula is C13H18N2O. The van der Waals surface area contributed by atoms with E-state index in [4.69, 9.17) is 4.74 Å². The standard InChI is InChI=1S/C13H18N2O/c1-9-3-6-15-12-10(2)16-13(11(9)12)4-7-14-8-5-13/h3,6,10,14H,4-5,7-8H2,1-2H3/t10-/m0/s1. The highest BCUT2D eigenvalue weighted by molar-refractivity contribution is 5.39. The molecule has 16 heavy (non-hydrogen) atoms. The van der Waals surface area contributed by atoms with Gasteiger partial charge in [-0.2, -0.15) is 0 Å². The number of hydrogen-bond acceptors (Lipinski definition) is 3. The normalized spacial score (nSPS) is 27.0. The average molecular weight is 218 g/mol. The molecule has 1 N–H and O–H groups in total. The molecule has 3 heterocycles. The van der Waals surface area contributed by atoms with Gasteiger partial charge in [-0.1, -0.05) is 0 Å². The number of fused-ring (bicyclic) bond motifs is 2. The molecule has 3 nitrogen and oxygen atoms in total. The van der Waals surface area contributed by atoms with Gasteiger partial charge in [0.15, 0.2) is 0 Å². The van der Waals surface area contributed by atoms with E-state index in [1.54, 1.807) is 0 Å². The third-order valence-electron chi connectivity index (χ3n) is 3.84. The second-order valence-corrected chi connectivity index (χ2v) is 4.89. The summed E-state index contributed by atoms with van der Waals surface area (Å²) in [7, 11) is 0. The first kappa shape index (κ1) is 10.2. The van der Waals surface area contributed by atoms with E-state index in [-0.39, 0.29) is 11.7 Å².